The van der Waals surface area contributed by atoms with Crippen LogP contribution in [-0.4, -0.2) is 0 Å². The highest BCUT2D eigenvalue weighted by molar-refractivity contribution is 7.16. The first-order chi connectivity index (χ1) is 4.20. The monoisotopic (exact) mass is 180 g/mol. The fourth-order valence-electron chi connectivity index (χ4n) is 0.542. The Bertz CT molecular complexity index is 193. The van der Waals surface area contributed by atoms with Crippen LogP contribution in [0.4, 0.5) is 0 Å². The van der Waals surface area contributed by atoms with E-state index in [1.54, 1.807) is 0 Å². The van der Waals surface area contributed by atoms with Crippen molar-refractivity contribution in [1.29, 1.82) is 0 Å². The Morgan fingerprint density at radius 3 is 2.44 bits per heavy atom. The average Bonchev–Trinajstić information content (AvgIpc) is 2.14. The highest BCUT2D eigenvalue weighted by Gasteiger charge is 2.02. The molecule has 50 valence electrons. The van der Waals surface area contributed by atoms with E-state index in [-0.39, 0.29) is 5.38 Å². The van der Waals surface area contributed by atoms with Crippen molar-refractivity contribution < 1.29 is 0 Å². The van der Waals surface area contributed by atoms with Gasteiger partial charge in [0, 0.05) is 4.88 Å². The molecule has 0 radical (unpaired) electrons. The lowest BCUT2D eigenvalue weighted by molar-refractivity contribution is 1.12. The SMILES string of the molecule is C[C@H](Cl)c1ccc(Cl)s1. The number of hydrogen-bond acceptors (Lipinski definition) is 1. The summed E-state index contributed by atoms with van der Waals surface area (Å²) >= 11 is 13.0. The summed E-state index contributed by atoms with van der Waals surface area (Å²) in [7, 11) is 0. The van der Waals surface area contributed by atoms with Crippen molar-refractivity contribution in [3.8, 4) is 0 Å². The van der Waals surface area contributed by atoms with Gasteiger partial charge in [-0.15, -0.1) is 22.9 Å². The van der Waals surface area contributed by atoms with Crippen LogP contribution in [0.15, 0.2) is 12.1 Å². The van der Waals surface area contributed by atoms with E-state index in [1.807, 2.05) is 19.1 Å². The Hall–Kier alpha value is 0.280. The molecule has 0 aliphatic heterocycles. The molecule has 3 heteroatoms. The lowest BCUT2D eigenvalue weighted by Gasteiger charge is -1.93. The van der Waals surface area contributed by atoms with Crippen LogP contribution < -0.4 is 0 Å². The third-order valence-corrected chi connectivity index (χ3v) is 2.76. The van der Waals surface area contributed by atoms with Gasteiger partial charge in [-0.1, -0.05) is 11.6 Å². The standard InChI is InChI=1S/C6H6Cl2S/c1-4(7)5-2-3-6(8)9-5/h2-4H,1H3/t4-/m0/s1. The van der Waals surface area contributed by atoms with Crippen molar-refractivity contribution in [2.45, 2.75) is 12.3 Å². The Balaban J connectivity index is 2.85. The molecular formula is C6H6Cl2S. The average molecular weight is 181 g/mol. The van der Waals surface area contributed by atoms with Gasteiger partial charge in [0.1, 0.15) is 0 Å². The first-order valence-electron chi connectivity index (χ1n) is 2.59. The van der Waals surface area contributed by atoms with Gasteiger partial charge in [-0.2, -0.15) is 0 Å². The summed E-state index contributed by atoms with van der Waals surface area (Å²) in [6.45, 7) is 1.93. The Morgan fingerprint density at radius 2 is 2.22 bits per heavy atom. The molecule has 1 atom stereocenters. The van der Waals surface area contributed by atoms with E-state index >= 15 is 0 Å². The normalized spacial score (nSPS) is 13.7. The van der Waals surface area contributed by atoms with Crippen molar-refractivity contribution >= 4 is 34.5 Å². The minimum absolute atomic E-state index is 0.0856. The van der Waals surface area contributed by atoms with Crippen LogP contribution in [0.25, 0.3) is 0 Å². The van der Waals surface area contributed by atoms with Crippen molar-refractivity contribution in [3.05, 3.63) is 21.3 Å². The predicted molar refractivity (Wildman–Crippen MR) is 43.6 cm³/mol. The maximum absolute atomic E-state index is 5.77. The van der Waals surface area contributed by atoms with E-state index in [1.165, 1.54) is 11.3 Å². The van der Waals surface area contributed by atoms with Crippen molar-refractivity contribution in [2.24, 2.45) is 0 Å². The topological polar surface area (TPSA) is 0 Å². The number of alkyl halides is 1. The second-order valence-electron chi connectivity index (χ2n) is 1.76. The van der Waals surface area contributed by atoms with Gasteiger partial charge in [0.25, 0.3) is 0 Å². The van der Waals surface area contributed by atoms with E-state index in [9.17, 15) is 0 Å². The summed E-state index contributed by atoms with van der Waals surface area (Å²) in [5, 5.41) is 0.0856. The summed E-state index contributed by atoms with van der Waals surface area (Å²) in [6.07, 6.45) is 0. The van der Waals surface area contributed by atoms with E-state index in [4.69, 9.17) is 23.2 Å². The highest BCUT2D eigenvalue weighted by Crippen LogP contribution is 2.29. The van der Waals surface area contributed by atoms with E-state index in [0.717, 1.165) is 9.21 Å². The number of rotatable bonds is 1. The van der Waals surface area contributed by atoms with Gasteiger partial charge in [-0.3, -0.25) is 0 Å². The van der Waals surface area contributed by atoms with Gasteiger partial charge in [-0.25, -0.2) is 0 Å². The van der Waals surface area contributed by atoms with Crippen molar-refractivity contribution in [3.63, 3.8) is 0 Å². The zero-order valence-electron chi connectivity index (χ0n) is 4.90. The molecule has 9 heavy (non-hydrogen) atoms. The molecule has 1 rings (SSSR count). The summed E-state index contributed by atoms with van der Waals surface area (Å²) in [5.41, 5.74) is 0. The lowest BCUT2D eigenvalue weighted by Crippen LogP contribution is -1.72. The van der Waals surface area contributed by atoms with Gasteiger partial charge >= 0.3 is 0 Å². The summed E-state index contributed by atoms with van der Waals surface area (Å²) in [5.74, 6) is 0. The molecule has 0 bridgehead atoms. The Morgan fingerprint density at radius 1 is 1.56 bits per heavy atom. The van der Waals surface area contributed by atoms with E-state index < -0.39 is 0 Å². The van der Waals surface area contributed by atoms with Crippen LogP contribution in [0.5, 0.6) is 0 Å². The lowest BCUT2D eigenvalue weighted by atomic mass is 10.4. The summed E-state index contributed by atoms with van der Waals surface area (Å²) < 4.78 is 0.803. The molecule has 0 saturated heterocycles. The molecule has 0 fully saturated rings. The van der Waals surface area contributed by atoms with Crippen molar-refractivity contribution in [2.75, 3.05) is 0 Å². The summed E-state index contributed by atoms with van der Waals surface area (Å²) in [4.78, 5) is 1.13. The number of hydrogen-bond donors (Lipinski definition) is 0. The molecule has 0 saturated carbocycles. The van der Waals surface area contributed by atoms with Gasteiger partial charge in [-0.05, 0) is 19.1 Å². The molecule has 1 aromatic heterocycles. The third-order valence-electron chi connectivity index (χ3n) is 0.986. The summed E-state index contributed by atoms with van der Waals surface area (Å²) in [6, 6.07) is 3.81. The quantitative estimate of drug-likeness (QED) is 0.579. The van der Waals surface area contributed by atoms with E-state index in [0.29, 0.717) is 0 Å². The van der Waals surface area contributed by atoms with Crippen molar-refractivity contribution in [1.82, 2.24) is 0 Å². The zero-order chi connectivity index (χ0) is 6.85. The zero-order valence-corrected chi connectivity index (χ0v) is 7.22. The van der Waals surface area contributed by atoms with Crippen LogP contribution >= 0.6 is 34.5 Å². The fraction of sp³-hybridized carbons (Fsp3) is 0.333. The van der Waals surface area contributed by atoms with E-state index in [2.05, 4.69) is 0 Å². The Kier molecular flexibility index (Phi) is 2.39. The fourth-order valence-corrected chi connectivity index (χ4v) is 1.74. The molecule has 0 spiro atoms. The van der Waals surface area contributed by atoms with Crippen LogP contribution in [0, 0.1) is 0 Å². The predicted octanol–water partition coefficient (Wildman–Crippen LogP) is 3.70. The molecule has 0 N–H and O–H groups in total. The van der Waals surface area contributed by atoms with Gasteiger partial charge < -0.3 is 0 Å². The molecule has 0 aliphatic carbocycles. The molecular weight excluding hydrogens is 175 g/mol. The van der Waals surface area contributed by atoms with Gasteiger partial charge in [0.2, 0.25) is 0 Å². The first-order valence-corrected chi connectivity index (χ1v) is 4.22. The molecule has 0 aliphatic rings. The van der Waals surface area contributed by atoms with Crippen LogP contribution in [0.1, 0.15) is 17.2 Å². The number of halogens is 2. The largest absolute Gasteiger partial charge is 0.127 e. The molecule has 0 aromatic carbocycles. The molecule has 1 heterocycles. The molecule has 0 nitrogen and oxygen atoms in total. The molecule has 1 aromatic rings. The molecule has 0 unspecified atom stereocenters. The van der Waals surface area contributed by atoms with Gasteiger partial charge in [0.05, 0.1) is 9.71 Å². The smallest absolute Gasteiger partial charge is 0.0931 e. The second-order valence-corrected chi connectivity index (χ2v) is 4.16. The maximum Gasteiger partial charge on any atom is 0.0931 e. The highest BCUT2D eigenvalue weighted by atomic mass is 35.5. The van der Waals surface area contributed by atoms with Gasteiger partial charge in [0.15, 0.2) is 0 Å². The maximum atomic E-state index is 5.77. The second kappa shape index (κ2) is 2.91. The Labute approximate surface area is 68.4 Å². The first kappa shape index (κ1) is 7.39. The minimum atomic E-state index is 0.0856. The molecule has 0 amide bonds. The van der Waals surface area contributed by atoms with Crippen LogP contribution in [0.2, 0.25) is 4.34 Å². The van der Waals surface area contributed by atoms with Crippen LogP contribution in [-0.2, 0) is 0 Å². The van der Waals surface area contributed by atoms with Crippen LogP contribution in [0.3, 0.4) is 0 Å². The number of thiophene rings is 1. The third kappa shape index (κ3) is 1.85. The minimum Gasteiger partial charge on any atom is -0.127 e.